The molecular weight excluding hydrogens is 376 g/mol. The number of thioether (sulfide) groups is 1. The van der Waals surface area contributed by atoms with Crippen molar-refractivity contribution in [2.45, 2.75) is 17.7 Å². The largest absolute Gasteiger partial charge is 0.369 e. The molecule has 2 aromatic carbocycles. The lowest BCUT2D eigenvalue weighted by Gasteiger charge is -2.10. The highest BCUT2D eigenvalue weighted by atomic mass is 79.9. The number of carbonyl (C=O) groups excluding carboxylic acids is 2. The van der Waals surface area contributed by atoms with Crippen molar-refractivity contribution >= 4 is 45.2 Å². The third kappa shape index (κ3) is 5.73. The highest BCUT2D eigenvalue weighted by Crippen LogP contribution is 2.27. The minimum Gasteiger partial charge on any atom is -0.369 e. The lowest BCUT2D eigenvalue weighted by Crippen LogP contribution is -2.15. The highest BCUT2D eigenvalue weighted by Gasteiger charge is 2.09. The van der Waals surface area contributed by atoms with Crippen LogP contribution in [0.4, 0.5) is 5.69 Å². The van der Waals surface area contributed by atoms with Crippen LogP contribution in [0.3, 0.4) is 0 Å². The highest BCUT2D eigenvalue weighted by molar-refractivity contribution is 9.10. The van der Waals surface area contributed by atoms with Gasteiger partial charge in [0.15, 0.2) is 0 Å². The van der Waals surface area contributed by atoms with E-state index in [1.807, 2.05) is 48.5 Å². The molecule has 0 saturated carbocycles. The summed E-state index contributed by atoms with van der Waals surface area (Å²) in [6.07, 6.45) is 1.04. The van der Waals surface area contributed by atoms with Crippen LogP contribution in [0.1, 0.15) is 12.0 Å². The van der Waals surface area contributed by atoms with Crippen molar-refractivity contribution in [3.8, 4) is 0 Å². The van der Waals surface area contributed by atoms with E-state index in [0.717, 1.165) is 14.9 Å². The molecule has 0 aromatic heterocycles. The Hall–Kier alpha value is -1.79. The average molecular weight is 393 g/mol. The quantitative estimate of drug-likeness (QED) is 0.706. The van der Waals surface area contributed by atoms with Crippen LogP contribution in [0.2, 0.25) is 0 Å². The Balaban J connectivity index is 1.95. The van der Waals surface area contributed by atoms with Gasteiger partial charge in [0.2, 0.25) is 11.8 Å². The molecule has 0 heterocycles. The minimum absolute atomic E-state index is 0.0621. The van der Waals surface area contributed by atoms with Crippen LogP contribution >= 0.6 is 27.7 Å². The molecule has 0 saturated heterocycles. The number of halogens is 1. The Bertz CT molecular complexity index is 706. The first-order valence-electron chi connectivity index (χ1n) is 7.09. The van der Waals surface area contributed by atoms with E-state index in [2.05, 4.69) is 21.2 Å². The Morgan fingerprint density at radius 1 is 1.09 bits per heavy atom. The molecule has 23 heavy (non-hydrogen) atoms. The maximum Gasteiger partial charge on any atom is 0.227 e. The summed E-state index contributed by atoms with van der Waals surface area (Å²) in [6.45, 7) is 0. The molecule has 0 aliphatic heterocycles. The predicted molar refractivity (Wildman–Crippen MR) is 97.5 cm³/mol. The lowest BCUT2D eigenvalue weighted by molar-refractivity contribution is -0.116. The van der Waals surface area contributed by atoms with E-state index >= 15 is 0 Å². The number of rotatable bonds is 7. The fourth-order valence-electron chi connectivity index (χ4n) is 2.01. The first-order chi connectivity index (χ1) is 11.1. The van der Waals surface area contributed by atoms with Crippen molar-refractivity contribution in [3.05, 3.63) is 58.6 Å². The predicted octanol–water partition coefficient (Wildman–Crippen LogP) is 3.60. The summed E-state index contributed by atoms with van der Waals surface area (Å²) in [4.78, 5) is 23.9. The Labute approximate surface area is 148 Å². The van der Waals surface area contributed by atoms with Crippen LogP contribution in [0.25, 0.3) is 0 Å². The molecule has 0 aliphatic carbocycles. The van der Waals surface area contributed by atoms with Gasteiger partial charge in [-0.25, -0.2) is 0 Å². The molecule has 0 unspecified atom stereocenters. The summed E-state index contributed by atoms with van der Waals surface area (Å²) < 4.78 is 1.00. The van der Waals surface area contributed by atoms with Crippen LogP contribution in [0, 0.1) is 0 Å². The van der Waals surface area contributed by atoms with E-state index in [-0.39, 0.29) is 17.6 Å². The normalized spacial score (nSPS) is 10.3. The second-order valence-electron chi connectivity index (χ2n) is 4.89. The minimum atomic E-state index is -0.384. The van der Waals surface area contributed by atoms with Gasteiger partial charge in [0.1, 0.15) is 0 Å². The molecule has 4 nitrogen and oxygen atoms in total. The van der Waals surface area contributed by atoms with Crippen molar-refractivity contribution < 1.29 is 9.59 Å². The fourth-order valence-corrected chi connectivity index (χ4v) is 3.24. The van der Waals surface area contributed by atoms with Gasteiger partial charge in [0, 0.05) is 15.8 Å². The second-order valence-corrected chi connectivity index (χ2v) is 6.76. The number of amides is 2. The number of benzene rings is 2. The molecular formula is C17H17BrN2O2S. The maximum absolute atomic E-state index is 12.2. The van der Waals surface area contributed by atoms with Crippen molar-refractivity contribution in [1.29, 1.82) is 0 Å². The molecule has 2 amide bonds. The molecule has 3 N–H and O–H groups in total. The smallest absolute Gasteiger partial charge is 0.227 e. The molecule has 2 aromatic rings. The Kier molecular flexibility index (Phi) is 6.67. The summed E-state index contributed by atoms with van der Waals surface area (Å²) in [6, 6.07) is 15.2. The first kappa shape index (κ1) is 17.6. The zero-order valence-electron chi connectivity index (χ0n) is 12.4. The molecule has 2 rings (SSSR count). The second kappa shape index (κ2) is 8.74. The van der Waals surface area contributed by atoms with E-state index in [4.69, 9.17) is 5.73 Å². The van der Waals surface area contributed by atoms with Crippen LogP contribution in [0.5, 0.6) is 0 Å². The van der Waals surface area contributed by atoms with Gasteiger partial charge in [0.05, 0.1) is 11.4 Å². The molecule has 0 bridgehead atoms. The van der Waals surface area contributed by atoms with Crippen LogP contribution in [-0.2, 0) is 16.0 Å². The van der Waals surface area contributed by atoms with E-state index in [0.29, 0.717) is 18.5 Å². The maximum atomic E-state index is 12.2. The monoisotopic (exact) mass is 392 g/mol. The van der Waals surface area contributed by atoms with E-state index in [1.54, 1.807) is 0 Å². The van der Waals surface area contributed by atoms with Gasteiger partial charge in [0.25, 0.3) is 0 Å². The summed E-state index contributed by atoms with van der Waals surface area (Å²) >= 11 is 4.80. The van der Waals surface area contributed by atoms with Gasteiger partial charge >= 0.3 is 0 Å². The van der Waals surface area contributed by atoms with Crippen LogP contribution in [0.15, 0.2) is 57.9 Å². The summed E-state index contributed by atoms with van der Waals surface area (Å²) in [5, 5.41) is 2.90. The molecule has 6 heteroatoms. The van der Waals surface area contributed by atoms with Gasteiger partial charge < -0.3 is 11.1 Å². The number of hydrogen-bond acceptors (Lipinski definition) is 3. The topological polar surface area (TPSA) is 72.2 Å². The summed E-state index contributed by atoms with van der Waals surface area (Å²) in [7, 11) is 0. The molecule has 0 spiro atoms. The standard InChI is InChI=1S/C17H17BrN2O2S/c18-13-6-2-1-5-12(13)9-10-17(22)20-14-7-3-4-8-15(14)23-11-16(19)21/h1-8H,9-11H2,(H2,19,21)(H,20,22). The van der Waals surface area contributed by atoms with Gasteiger partial charge in [-0.1, -0.05) is 46.3 Å². The van der Waals surface area contributed by atoms with E-state index in [9.17, 15) is 9.59 Å². The van der Waals surface area contributed by atoms with E-state index in [1.165, 1.54) is 11.8 Å². The number of hydrogen-bond donors (Lipinski definition) is 2. The zero-order chi connectivity index (χ0) is 16.7. The summed E-state index contributed by atoms with van der Waals surface area (Å²) in [5.74, 6) is -0.262. The van der Waals surface area contributed by atoms with Gasteiger partial charge in [-0.05, 0) is 30.2 Å². The molecule has 0 aliphatic rings. The van der Waals surface area contributed by atoms with Gasteiger partial charge in [-0.15, -0.1) is 11.8 Å². The number of para-hydroxylation sites is 1. The third-order valence-electron chi connectivity index (χ3n) is 3.11. The Morgan fingerprint density at radius 3 is 2.52 bits per heavy atom. The van der Waals surface area contributed by atoms with Gasteiger partial charge in [-0.2, -0.15) is 0 Å². The number of anilines is 1. The molecule has 0 fully saturated rings. The molecule has 120 valence electrons. The van der Waals surface area contributed by atoms with Gasteiger partial charge in [-0.3, -0.25) is 9.59 Å². The Morgan fingerprint density at radius 2 is 1.78 bits per heavy atom. The molecule has 0 atom stereocenters. The fraction of sp³-hybridized carbons (Fsp3) is 0.176. The number of nitrogens with two attached hydrogens (primary N) is 1. The number of nitrogens with one attached hydrogen (secondary N) is 1. The van der Waals surface area contributed by atoms with E-state index < -0.39 is 0 Å². The first-order valence-corrected chi connectivity index (χ1v) is 8.87. The van der Waals surface area contributed by atoms with Crippen LogP contribution in [-0.4, -0.2) is 17.6 Å². The average Bonchev–Trinajstić information content (AvgIpc) is 2.53. The van der Waals surface area contributed by atoms with Crippen molar-refractivity contribution in [2.75, 3.05) is 11.1 Å². The summed E-state index contributed by atoms with van der Waals surface area (Å²) in [5.41, 5.74) is 6.97. The number of carbonyl (C=O) groups is 2. The lowest BCUT2D eigenvalue weighted by atomic mass is 10.1. The third-order valence-corrected chi connectivity index (χ3v) is 4.98. The van der Waals surface area contributed by atoms with Crippen LogP contribution < -0.4 is 11.1 Å². The van der Waals surface area contributed by atoms with Crippen molar-refractivity contribution in [1.82, 2.24) is 0 Å². The zero-order valence-corrected chi connectivity index (χ0v) is 14.8. The number of primary amides is 1. The SMILES string of the molecule is NC(=O)CSc1ccccc1NC(=O)CCc1ccccc1Br. The van der Waals surface area contributed by atoms with Crippen molar-refractivity contribution in [2.24, 2.45) is 5.73 Å². The number of aryl methyl sites for hydroxylation is 1. The van der Waals surface area contributed by atoms with Crippen molar-refractivity contribution in [3.63, 3.8) is 0 Å². The molecule has 0 radical (unpaired) electrons.